The van der Waals surface area contributed by atoms with Crippen LogP contribution in [0.4, 0.5) is 5.69 Å². The molecule has 0 aliphatic carbocycles. The smallest absolute Gasteiger partial charge is 0.265 e. The number of rotatable bonds is 8. The van der Waals surface area contributed by atoms with Crippen molar-refractivity contribution in [1.82, 2.24) is 5.32 Å². The second kappa shape index (κ2) is 10.5. The Morgan fingerprint density at radius 2 is 1.97 bits per heavy atom. The van der Waals surface area contributed by atoms with Gasteiger partial charge in [-0.2, -0.15) is 0 Å². The lowest BCUT2D eigenvalue weighted by Gasteiger charge is -2.29. The maximum atomic E-state index is 13.1. The van der Waals surface area contributed by atoms with Crippen LogP contribution < -0.4 is 10.2 Å². The first-order chi connectivity index (χ1) is 14.1. The maximum absolute atomic E-state index is 13.1. The summed E-state index contributed by atoms with van der Waals surface area (Å²) in [6.07, 6.45) is 2.56. The Balaban J connectivity index is 1.75. The van der Waals surface area contributed by atoms with E-state index in [2.05, 4.69) is 5.32 Å². The molecule has 0 spiro atoms. The van der Waals surface area contributed by atoms with E-state index >= 15 is 0 Å². The summed E-state index contributed by atoms with van der Waals surface area (Å²) in [6, 6.07) is 14.9. The first-order valence-corrected chi connectivity index (χ1v) is 10.7. The number of amides is 2. The van der Waals surface area contributed by atoms with Gasteiger partial charge in [-0.1, -0.05) is 47.6 Å². The van der Waals surface area contributed by atoms with Gasteiger partial charge in [-0.05, 0) is 49.2 Å². The molecule has 0 aromatic heterocycles. The van der Waals surface area contributed by atoms with Gasteiger partial charge in [0.1, 0.15) is 6.54 Å². The van der Waals surface area contributed by atoms with Crippen molar-refractivity contribution in [3.8, 4) is 0 Å². The molecule has 2 aromatic rings. The van der Waals surface area contributed by atoms with Crippen LogP contribution >= 0.6 is 23.4 Å². The Morgan fingerprint density at radius 3 is 2.72 bits per heavy atom. The molecule has 0 fully saturated rings. The van der Waals surface area contributed by atoms with Crippen molar-refractivity contribution >= 4 is 46.9 Å². The number of fused-ring (bicyclic) bond motifs is 1. The van der Waals surface area contributed by atoms with Crippen LogP contribution in [-0.4, -0.2) is 38.1 Å². The average Bonchev–Trinajstić information content (AvgIpc) is 2.72. The second-order valence-corrected chi connectivity index (χ2v) is 7.94. The second-order valence-electron chi connectivity index (χ2n) is 6.42. The third-order valence-electron chi connectivity index (χ3n) is 4.29. The minimum atomic E-state index is -0.192. The molecular weight excluding hydrogens is 408 g/mol. The lowest BCUT2D eigenvalue weighted by atomic mass is 10.2. The van der Waals surface area contributed by atoms with Gasteiger partial charge in [0.05, 0.1) is 10.6 Å². The minimum absolute atomic E-state index is 0.0248. The molecule has 152 valence electrons. The number of hydrogen-bond donors (Lipinski definition) is 1. The molecular formula is C22H23ClN2O3S. The third-order valence-corrected chi connectivity index (χ3v) is 5.62. The maximum Gasteiger partial charge on any atom is 0.265 e. The quantitative estimate of drug-likeness (QED) is 0.499. The van der Waals surface area contributed by atoms with Crippen LogP contribution in [0.1, 0.15) is 18.9 Å². The number of nitrogens with one attached hydrogen (secondary N) is 1. The molecule has 1 aliphatic heterocycles. The Morgan fingerprint density at radius 1 is 1.21 bits per heavy atom. The summed E-state index contributed by atoms with van der Waals surface area (Å²) in [4.78, 5) is 28.6. The normalized spacial score (nSPS) is 14.8. The van der Waals surface area contributed by atoms with Gasteiger partial charge in [0.15, 0.2) is 0 Å². The van der Waals surface area contributed by atoms with Crippen LogP contribution in [-0.2, 0) is 14.3 Å². The molecule has 7 heteroatoms. The van der Waals surface area contributed by atoms with E-state index in [4.69, 9.17) is 16.3 Å². The van der Waals surface area contributed by atoms with E-state index < -0.39 is 0 Å². The Hall–Kier alpha value is -2.28. The first-order valence-electron chi connectivity index (χ1n) is 9.49. The van der Waals surface area contributed by atoms with Gasteiger partial charge in [0, 0.05) is 29.7 Å². The monoisotopic (exact) mass is 430 g/mol. The lowest BCUT2D eigenvalue weighted by Crippen LogP contribution is -2.43. The zero-order valence-corrected chi connectivity index (χ0v) is 17.8. The Kier molecular flexibility index (Phi) is 7.75. The van der Waals surface area contributed by atoms with Gasteiger partial charge in [-0.15, -0.1) is 0 Å². The Labute approximate surface area is 180 Å². The number of hydrogen-bond acceptors (Lipinski definition) is 4. The van der Waals surface area contributed by atoms with Crippen LogP contribution in [0.2, 0.25) is 5.02 Å². The molecule has 29 heavy (non-hydrogen) atoms. The van der Waals surface area contributed by atoms with Crippen LogP contribution in [0.5, 0.6) is 0 Å². The predicted octanol–water partition coefficient (Wildman–Crippen LogP) is 4.36. The fourth-order valence-corrected chi connectivity index (χ4v) is 4.06. The zero-order valence-electron chi connectivity index (χ0n) is 16.2. The highest BCUT2D eigenvalue weighted by atomic mass is 35.5. The summed E-state index contributed by atoms with van der Waals surface area (Å²) >= 11 is 7.36. The topological polar surface area (TPSA) is 58.6 Å². The van der Waals surface area contributed by atoms with E-state index in [1.54, 1.807) is 12.1 Å². The van der Waals surface area contributed by atoms with E-state index in [9.17, 15) is 9.59 Å². The fraction of sp³-hybridized carbons (Fsp3) is 0.273. The molecule has 1 N–H and O–H groups in total. The molecule has 3 rings (SSSR count). The van der Waals surface area contributed by atoms with Crippen molar-refractivity contribution < 1.29 is 14.3 Å². The molecule has 1 heterocycles. The number of carbonyl (C=O) groups is 2. The SMILES string of the molecule is CCOCCCNC(=O)CN1C(=O)/C(=C/c2ccc(Cl)cc2)Sc2ccccc21. The van der Waals surface area contributed by atoms with Gasteiger partial charge in [0.25, 0.3) is 5.91 Å². The standard InChI is InChI=1S/C22H23ClN2O3S/c1-2-28-13-5-12-24-21(26)15-25-18-6-3-4-7-19(18)29-20(22(25)27)14-16-8-10-17(23)11-9-16/h3-4,6-11,14H,2,5,12-13,15H2,1H3,(H,24,26)/b20-14-. The third kappa shape index (κ3) is 5.85. The summed E-state index contributed by atoms with van der Waals surface area (Å²) in [5.74, 6) is -0.379. The zero-order chi connectivity index (χ0) is 20.6. The molecule has 0 bridgehead atoms. The summed E-state index contributed by atoms with van der Waals surface area (Å²) < 4.78 is 5.27. The van der Waals surface area contributed by atoms with Crippen molar-refractivity contribution in [2.75, 3.05) is 31.2 Å². The predicted molar refractivity (Wildman–Crippen MR) is 118 cm³/mol. The molecule has 2 amide bonds. The van der Waals surface area contributed by atoms with Crippen LogP contribution in [0, 0.1) is 0 Å². The van der Waals surface area contributed by atoms with Crippen LogP contribution in [0.3, 0.4) is 0 Å². The van der Waals surface area contributed by atoms with Gasteiger partial charge in [-0.25, -0.2) is 0 Å². The van der Waals surface area contributed by atoms with E-state index in [1.165, 1.54) is 16.7 Å². The highest BCUT2D eigenvalue weighted by Crippen LogP contribution is 2.41. The molecule has 0 saturated carbocycles. The molecule has 0 atom stereocenters. The summed E-state index contributed by atoms with van der Waals surface area (Å²) in [6.45, 7) is 3.69. The van der Waals surface area contributed by atoms with Gasteiger partial charge in [-0.3, -0.25) is 14.5 Å². The minimum Gasteiger partial charge on any atom is -0.382 e. The van der Waals surface area contributed by atoms with Crippen molar-refractivity contribution in [1.29, 1.82) is 0 Å². The van der Waals surface area contributed by atoms with E-state index in [0.29, 0.717) is 29.7 Å². The van der Waals surface area contributed by atoms with Gasteiger partial charge in [0.2, 0.25) is 5.91 Å². The highest BCUT2D eigenvalue weighted by Gasteiger charge is 2.30. The largest absolute Gasteiger partial charge is 0.382 e. The van der Waals surface area contributed by atoms with Crippen molar-refractivity contribution in [3.05, 3.63) is 64.0 Å². The summed E-state index contributed by atoms with van der Waals surface area (Å²) in [7, 11) is 0. The van der Waals surface area contributed by atoms with Crippen LogP contribution in [0.25, 0.3) is 6.08 Å². The average molecular weight is 431 g/mol. The van der Waals surface area contributed by atoms with Crippen molar-refractivity contribution in [2.24, 2.45) is 0 Å². The van der Waals surface area contributed by atoms with E-state index in [1.807, 2.05) is 49.4 Å². The molecule has 0 unspecified atom stereocenters. The molecule has 0 saturated heterocycles. The molecule has 5 nitrogen and oxygen atoms in total. The highest BCUT2D eigenvalue weighted by molar-refractivity contribution is 8.04. The summed E-state index contributed by atoms with van der Waals surface area (Å²) in [5, 5.41) is 3.50. The number of nitrogens with zero attached hydrogens (tertiary/aromatic N) is 1. The number of ether oxygens (including phenoxy) is 1. The number of para-hydroxylation sites is 1. The van der Waals surface area contributed by atoms with E-state index in [0.717, 1.165) is 22.6 Å². The lowest BCUT2D eigenvalue weighted by molar-refractivity contribution is -0.122. The molecule has 2 aromatic carbocycles. The molecule has 1 aliphatic rings. The Bertz CT molecular complexity index is 899. The first kappa shape index (κ1) is 21.4. The number of benzene rings is 2. The number of halogens is 1. The van der Waals surface area contributed by atoms with Crippen LogP contribution in [0.15, 0.2) is 58.3 Å². The van der Waals surface area contributed by atoms with Crippen molar-refractivity contribution in [3.63, 3.8) is 0 Å². The summed E-state index contributed by atoms with van der Waals surface area (Å²) in [5.41, 5.74) is 1.63. The van der Waals surface area contributed by atoms with E-state index in [-0.39, 0.29) is 18.4 Å². The molecule has 0 radical (unpaired) electrons. The number of anilines is 1. The van der Waals surface area contributed by atoms with Crippen molar-refractivity contribution in [2.45, 2.75) is 18.2 Å². The van der Waals surface area contributed by atoms with Gasteiger partial charge >= 0.3 is 0 Å². The number of carbonyl (C=O) groups excluding carboxylic acids is 2. The fourth-order valence-electron chi connectivity index (χ4n) is 2.88. The number of thioether (sulfide) groups is 1. The van der Waals surface area contributed by atoms with Gasteiger partial charge < -0.3 is 10.1 Å².